The minimum absolute atomic E-state index is 0.342. The number of aromatic nitrogens is 3. The van der Waals surface area contributed by atoms with Crippen molar-refractivity contribution in [2.45, 2.75) is 40.5 Å². The summed E-state index contributed by atoms with van der Waals surface area (Å²) in [7, 11) is 0. The summed E-state index contributed by atoms with van der Waals surface area (Å²) < 4.78 is 5.46. The Hall–Kier alpha value is -2.64. The predicted molar refractivity (Wildman–Crippen MR) is 94.8 cm³/mol. The summed E-state index contributed by atoms with van der Waals surface area (Å²) in [6.45, 7) is 9.60. The smallest absolute Gasteiger partial charge is 0.349 e. The molecule has 2 heterocycles. The van der Waals surface area contributed by atoms with Crippen molar-refractivity contribution in [2.24, 2.45) is 5.10 Å². The zero-order chi connectivity index (χ0) is 17.5. The van der Waals surface area contributed by atoms with Crippen LogP contribution in [-0.4, -0.2) is 34.3 Å². The lowest BCUT2D eigenvalue weighted by Crippen LogP contribution is -2.30. The van der Waals surface area contributed by atoms with Crippen LogP contribution in [0.3, 0.4) is 0 Å². The summed E-state index contributed by atoms with van der Waals surface area (Å²) in [5.74, 6) is 2.14. The van der Waals surface area contributed by atoms with E-state index in [1.54, 1.807) is 0 Å². The van der Waals surface area contributed by atoms with Crippen LogP contribution in [0, 0.1) is 13.8 Å². The van der Waals surface area contributed by atoms with E-state index in [4.69, 9.17) is 4.42 Å². The van der Waals surface area contributed by atoms with Crippen LogP contribution in [0.15, 0.2) is 20.4 Å². The number of anilines is 2. The first-order valence-corrected chi connectivity index (χ1v) is 8.12. The van der Waals surface area contributed by atoms with Crippen molar-refractivity contribution < 1.29 is 4.42 Å². The van der Waals surface area contributed by atoms with Crippen molar-refractivity contribution in [2.75, 3.05) is 23.4 Å². The van der Waals surface area contributed by atoms with Gasteiger partial charge in [0.15, 0.2) is 5.82 Å². The average molecular weight is 332 g/mol. The maximum Gasteiger partial charge on any atom is 0.349 e. The molecule has 0 unspecified atom stereocenters. The van der Waals surface area contributed by atoms with Crippen LogP contribution < -0.4 is 16.0 Å². The van der Waals surface area contributed by atoms with Gasteiger partial charge in [0.25, 0.3) is 0 Å². The highest BCUT2D eigenvalue weighted by Crippen LogP contribution is 2.17. The first kappa shape index (κ1) is 17.7. The molecule has 2 N–H and O–H groups in total. The highest BCUT2D eigenvalue weighted by Gasteiger charge is 2.10. The number of H-pyrrole nitrogens is 1. The zero-order valence-electron chi connectivity index (χ0n) is 14.6. The molecule has 0 saturated carbocycles. The van der Waals surface area contributed by atoms with Gasteiger partial charge in [-0.25, -0.2) is 10.2 Å². The number of aromatic amines is 1. The summed E-state index contributed by atoms with van der Waals surface area (Å²) in [5, 5.41) is 4.05. The van der Waals surface area contributed by atoms with E-state index in [9.17, 15) is 4.79 Å². The number of hydrogen-bond acceptors (Lipinski definition) is 7. The number of rotatable bonds is 8. The lowest BCUT2D eigenvalue weighted by molar-refractivity contribution is 0.545. The van der Waals surface area contributed by atoms with E-state index in [-0.39, 0.29) is 0 Å². The van der Waals surface area contributed by atoms with Crippen molar-refractivity contribution in [3.8, 4) is 0 Å². The molecule has 8 nitrogen and oxygen atoms in total. The van der Waals surface area contributed by atoms with Gasteiger partial charge < -0.3 is 9.32 Å². The Kier molecular flexibility index (Phi) is 6.11. The molecule has 0 aromatic carbocycles. The Balaban J connectivity index is 2.14. The maximum absolute atomic E-state index is 11.8. The molecule has 24 heavy (non-hydrogen) atoms. The highest BCUT2D eigenvalue weighted by molar-refractivity contribution is 5.75. The Morgan fingerprint density at radius 3 is 2.58 bits per heavy atom. The van der Waals surface area contributed by atoms with Gasteiger partial charge in [-0.05, 0) is 32.3 Å². The fourth-order valence-electron chi connectivity index (χ4n) is 2.23. The molecule has 0 fully saturated rings. The molecule has 2 aromatic rings. The molecule has 0 bridgehead atoms. The topological polar surface area (TPSA) is 99.4 Å². The molecule has 0 radical (unpaired) electrons. The first-order valence-electron chi connectivity index (χ1n) is 8.12. The number of nitrogens with zero attached hydrogens (tertiary/aromatic N) is 4. The second kappa shape index (κ2) is 8.28. The van der Waals surface area contributed by atoms with Gasteiger partial charge in [-0.2, -0.15) is 15.1 Å². The Bertz CT molecular complexity index is 724. The number of hydrogen-bond donors (Lipinski definition) is 2. The molecule has 2 rings (SSSR count). The zero-order valence-corrected chi connectivity index (χ0v) is 14.6. The van der Waals surface area contributed by atoms with Gasteiger partial charge in [0.1, 0.15) is 5.76 Å². The third kappa shape index (κ3) is 4.68. The Morgan fingerprint density at radius 2 is 2.00 bits per heavy atom. The fourth-order valence-corrected chi connectivity index (χ4v) is 2.23. The molecule has 0 aliphatic carbocycles. The van der Waals surface area contributed by atoms with Crippen molar-refractivity contribution in [3.63, 3.8) is 0 Å². The standard InChI is InChI=1S/C16H24N6O2/c1-5-7-22(8-6-2)15-18-13(19-16(23)20-15)10-17-21-14-9-11(3)12(4)24-14/h9-10,21H,5-8H2,1-4H3,(H,18,19,20,23)/b17-10+. The molecule has 2 aromatic heterocycles. The van der Waals surface area contributed by atoms with E-state index in [0.29, 0.717) is 17.7 Å². The molecular formula is C16H24N6O2. The van der Waals surface area contributed by atoms with Crippen molar-refractivity contribution >= 4 is 18.0 Å². The Morgan fingerprint density at radius 1 is 1.29 bits per heavy atom. The largest absolute Gasteiger partial charge is 0.444 e. The molecule has 0 saturated heterocycles. The Labute approximate surface area is 141 Å². The highest BCUT2D eigenvalue weighted by atomic mass is 16.4. The van der Waals surface area contributed by atoms with Gasteiger partial charge in [0.05, 0.1) is 6.21 Å². The van der Waals surface area contributed by atoms with Gasteiger partial charge in [-0.15, -0.1) is 0 Å². The van der Waals surface area contributed by atoms with Gasteiger partial charge in [0, 0.05) is 19.2 Å². The van der Waals surface area contributed by atoms with Crippen molar-refractivity contribution in [3.05, 3.63) is 33.7 Å². The summed E-state index contributed by atoms with van der Waals surface area (Å²) in [5.41, 5.74) is 3.38. The second-order valence-corrected chi connectivity index (χ2v) is 5.55. The van der Waals surface area contributed by atoms with Crippen LogP contribution in [-0.2, 0) is 0 Å². The fraction of sp³-hybridized carbons (Fsp3) is 0.500. The van der Waals surface area contributed by atoms with Crippen LogP contribution in [0.2, 0.25) is 0 Å². The van der Waals surface area contributed by atoms with E-state index < -0.39 is 5.69 Å². The van der Waals surface area contributed by atoms with E-state index in [2.05, 4.69) is 39.3 Å². The monoisotopic (exact) mass is 332 g/mol. The van der Waals surface area contributed by atoms with Crippen LogP contribution in [0.1, 0.15) is 43.8 Å². The minimum atomic E-state index is -0.441. The van der Waals surface area contributed by atoms with Gasteiger partial charge in [0.2, 0.25) is 11.8 Å². The maximum atomic E-state index is 11.8. The molecule has 8 heteroatoms. The van der Waals surface area contributed by atoms with E-state index in [1.165, 1.54) is 6.21 Å². The summed E-state index contributed by atoms with van der Waals surface area (Å²) in [6.07, 6.45) is 3.35. The molecule has 0 aliphatic heterocycles. The SMILES string of the molecule is CCCN(CCC)c1nc(/C=N/Nc2cc(C)c(C)o2)[nH]c(=O)n1. The molecule has 0 aliphatic rings. The van der Waals surface area contributed by atoms with Gasteiger partial charge >= 0.3 is 5.69 Å². The van der Waals surface area contributed by atoms with Crippen LogP contribution in [0.4, 0.5) is 11.8 Å². The molecule has 0 amide bonds. The van der Waals surface area contributed by atoms with Gasteiger partial charge in [-0.1, -0.05) is 13.8 Å². The normalized spacial score (nSPS) is 11.2. The molecule has 0 atom stereocenters. The van der Waals surface area contributed by atoms with E-state index in [1.807, 2.05) is 24.8 Å². The first-order chi connectivity index (χ1) is 11.5. The van der Waals surface area contributed by atoms with Crippen LogP contribution in [0.5, 0.6) is 0 Å². The number of nitrogens with one attached hydrogen (secondary N) is 2. The summed E-state index contributed by atoms with van der Waals surface area (Å²) in [6, 6.07) is 1.85. The number of furan rings is 1. The summed E-state index contributed by atoms with van der Waals surface area (Å²) >= 11 is 0. The van der Waals surface area contributed by atoms with E-state index in [0.717, 1.165) is 37.3 Å². The number of aryl methyl sites for hydroxylation is 2. The number of hydrazone groups is 1. The third-order valence-corrected chi connectivity index (χ3v) is 3.45. The lowest BCUT2D eigenvalue weighted by atomic mass is 10.3. The average Bonchev–Trinajstić information content (AvgIpc) is 2.85. The van der Waals surface area contributed by atoms with Crippen molar-refractivity contribution in [1.82, 2.24) is 15.0 Å². The third-order valence-electron chi connectivity index (χ3n) is 3.45. The molecule has 0 spiro atoms. The predicted octanol–water partition coefficient (Wildman–Crippen LogP) is 2.45. The lowest BCUT2D eigenvalue weighted by Gasteiger charge is -2.20. The van der Waals surface area contributed by atoms with Crippen molar-refractivity contribution in [1.29, 1.82) is 0 Å². The summed E-state index contributed by atoms with van der Waals surface area (Å²) in [4.78, 5) is 24.7. The van der Waals surface area contributed by atoms with Crippen LogP contribution in [0.25, 0.3) is 0 Å². The van der Waals surface area contributed by atoms with E-state index >= 15 is 0 Å². The molecular weight excluding hydrogens is 308 g/mol. The molecule has 130 valence electrons. The van der Waals surface area contributed by atoms with Crippen LogP contribution >= 0.6 is 0 Å². The second-order valence-electron chi connectivity index (χ2n) is 5.55. The van der Waals surface area contributed by atoms with Gasteiger partial charge in [-0.3, -0.25) is 4.98 Å². The quantitative estimate of drug-likeness (QED) is 0.569. The minimum Gasteiger partial charge on any atom is -0.444 e.